The first-order valence-electron chi connectivity index (χ1n) is 15.3. The van der Waals surface area contributed by atoms with Gasteiger partial charge in [0.25, 0.3) is 0 Å². The number of nitrogens with zero attached hydrogens (tertiary/aromatic N) is 4. The monoisotopic (exact) mass is 587 g/mol. The number of amides is 2. The summed E-state index contributed by atoms with van der Waals surface area (Å²) in [6.07, 6.45) is 0.976. The van der Waals surface area contributed by atoms with E-state index in [1.54, 1.807) is 11.1 Å². The standard InChI is InChI=1S/C32H41N7O4/c1-21(2)38-13-11-37(12-14-38)10-5-17-43-23-8-9-24(22(3)20-23)29-28-30(35-34-29)25-6-4-7-26(27(25)31(28)40)33-32(41)36-39-15-18-42-19-16-39/h4,6-9,20-21H,5,10-19H2,1-3H3,(H,34,35)(H2,33,36,41). The number of anilines is 1. The number of hydrazine groups is 1. The molecule has 2 aromatic carbocycles. The van der Waals surface area contributed by atoms with Gasteiger partial charge in [-0.05, 0) is 57.0 Å². The summed E-state index contributed by atoms with van der Waals surface area (Å²) in [4.78, 5) is 31.5. The molecule has 3 heterocycles. The van der Waals surface area contributed by atoms with Crippen molar-refractivity contribution in [1.82, 2.24) is 30.4 Å². The lowest BCUT2D eigenvalue weighted by Crippen LogP contribution is -2.49. The number of carbonyl (C=O) groups is 2. The number of hydrogen-bond acceptors (Lipinski definition) is 8. The highest BCUT2D eigenvalue weighted by Crippen LogP contribution is 2.43. The molecule has 0 bridgehead atoms. The molecule has 0 unspecified atom stereocenters. The summed E-state index contributed by atoms with van der Waals surface area (Å²) < 4.78 is 11.4. The molecular formula is C32H41N7O4. The number of carbonyl (C=O) groups excluding carboxylic acids is 2. The molecule has 2 saturated heterocycles. The molecule has 0 spiro atoms. The summed E-state index contributed by atoms with van der Waals surface area (Å²) in [6, 6.07) is 11.6. The van der Waals surface area contributed by atoms with Crippen LogP contribution in [0.4, 0.5) is 10.5 Å². The number of aromatic amines is 1. The van der Waals surface area contributed by atoms with Crippen LogP contribution >= 0.6 is 0 Å². The third kappa shape index (κ3) is 6.30. The van der Waals surface area contributed by atoms with Gasteiger partial charge in [0.1, 0.15) is 11.4 Å². The minimum Gasteiger partial charge on any atom is -0.494 e. The molecule has 1 aromatic heterocycles. The average molecular weight is 588 g/mol. The molecule has 43 heavy (non-hydrogen) atoms. The van der Waals surface area contributed by atoms with E-state index < -0.39 is 6.03 Å². The van der Waals surface area contributed by atoms with E-state index >= 15 is 0 Å². The fourth-order valence-corrected chi connectivity index (χ4v) is 6.13. The predicted molar refractivity (Wildman–Crippen MR) is 165 cm³/mol. The molecule has 0 radical (unpaired) electrons. The molecule has 2 aliphatic heterocycles. The number of ketones is 1. The summed E-state index contributed by atoms with van der Waals surface area (Å²) in [5, 5.41) is 12.3. The fourth-order valence-electron chi connectivity index (χ4n) is 6.13. The summed E-state index contributed by atoms with van der Waals surface area (Å²) in [6.45, 7) is 15.1. The summed E-state index contributed by atoms with van der Waals surface area (Å²) in [5.41, 5.74) is 8.12. The Kier molecular flexibility index (Phi) is 8.75. The highest BCUT2D eigenvalue weighted by Gasteiger charge is 2.35. The Balaban J connectivity index is 1.09. The first-order chi connectivity index (χ1) is 20.9. The van der Waals surface area contributed by atoms with Crippen molar-refractivity contribution in [2.24, 2.45) is 0 Å². The van der Waals surface area contributed by atoms with E-state index in [0.29, 0.717) is 72.7 Å². The Hall–Kier alpha value is -3.77. The van der Waals surface area contributed by atoms with Crippen LogP contribution in [0.3, 0.4) is 0 Å². The van der Waals surface area contributed by atoms with Crippen LogP contribution in [0.5, 0.6) is 5.75 Å². The SMILES string of the molecule is Cc1cc(OCCCN2CCN(C(C)C)CC2)ccc1-c1[nH]nc2c1C(=O)c1c(NC(=O)NN3CCOCC3)cccc1-2. The fraction of sp³-hybridized carbons (Fsp3) is 0.469. The summed E-state index contributed by atoms with van der Waals surface area (Å²) in [5.74, 6) is 0.652. The quantitative estimate of drug-likeness (QED) is 0.254. The number of piperazine rings is 1. The molecule has 3 aromatic rings. The van der Waals surface area contributed by atoms with Gasteiger partial charge in [0, 0.05) is 63.0 Å². The number of urea groups is 1. The van der Waals surface area contributed by atoms with Crippen molar-refractivity contribution in [1.29, 1.82) is 0 Å². The highest BCUT2D eigenvalue weighted by atomic mass is 16.5. The van der Waals surface area contributed by atoms with Crippen molar-refractivity contribution in [2.45, 2.75) is 33.2 Å². The van der Waals surface area contributed by atoms with Gasteiger partial charge in [0.2, 0.25) is 0 Å². The smallest absolute Gasteiger partial charge is 0.333 e. The van der Waals surface area contributed by atoms with E-state index in [4.69, 9.17) is 9.47 Å². The minimum atomic E-state index is -0.394. The third-order valence-corrected chi connectivity index (χ3v) is 8.55. The number of fused-ring (bicyclic) bond motifs is 3. The number of benzene rings is 2. The topological polar surface area (TPSA) is 115 Å². The highest BCUT2D eigenvalue weighted by molar-refractivity contribution is 6.27. The molecule has 228 valence electrons. The third-order valence-electron chi connectivity index (χ3n) is 8.55. The second-order valence-electron chi connectivity index (χ2n) is 11.7. The van der Waals surface area contributed by atoms with Crippen molar-refractivity contribution in [3.05, 3.63) is 53.1 Å². The normalized spacial score (nSPS) is 17.6. The first kappa shape index (κ1) is 29.3. The van der Waals surface area contributed by atoms with E-state index in [0.717, 1.165) is 56.0 Å². The maximum absolute atomic E-state index is 13.8. The number of aromatic nitrogens is 2. The average Bonchev–Trinajstić information content (AvgIpc) is 3.56. The molecule has 6 rings (SSSR count). The zero-order chi connectivity index (χ0) is 29.9. The van der Waals surface area contributed by atoms with Crippen LogP contribution in [0.1, 0.15) is 41.8 Å². The second-order valence-corrected chi connectivity index (χ2v) is 11.7. The Morgan fingerprint density at radius 2 is 1.84 bits per heavy atom. The first-order valence-corrected chi connectivity index (χ1v) is 15.3. The molecule has 2 amide bonds. The van der Waals surface area contributed by atoms with Crippen molar-refractivity contribution in [3.63, 3.8) is 0 Å². The summed E-state index contributed by atoms with van der Waals surface area (Å²) >= 11 is 0. The summed E-state index contributed by atoms with van der Waals surface area (Å²) in [7, 11) is 0. The number of ether oxygens (including phenoxy) is 2. The lowest BCUT2D eigenvalue weighted by atomic mass is 10.00. The van der Waals surface area contributed by atoms with Gasteiger partial charge >= 0.3 is 6.03 Å². The Morgan fingerprint density at radius 3 is 2.58 bits per heavy atom. The van der Waals surface area contributed by atoms with Crippen molar-refractivity contribution in [3.8, 4) is 28.3 Å². The molecule has 11 nitrogen and oxygen atoms in total. The maximum Gasteiger partial charge on any atom is 0.333 e. The molecule has 11 heteroatoms. The van der Waals surface area contributed by atoms with Gasteiger partial charge in [0.05, 0.1) is 42.3 Å². The van der Waals surface area contributed by atoms with Gasteiger partial charge in [-0.3, -0.25) is 20.2 Å². The molecule has 3 aliphatic rings. The van der Waals surface area contributed by atoms with Gasteiger partial charge in [-0.1, -0.05) is 12.1 Å². The number of rotatable bonds is 9. The van der Waals surface area contributed by atoms with Crippen LogP contribution in [0.15, 0.2) is 36.4 Å². The molecular weight excluding hydrogens is 546 g/mol. The van der Waals surface area contributed by atoms with E-state index in [-0.39, 0.29) is 5.78 Å². The Bertz CT molecular complexity index is 1470. The zero-order valence-electron chi connectivity index (χ0n) is 25.2. The maximum atomic E-state index is 13.8. The molecule has 0 saturated carbocycles. The van der Waals surface area contributed by atoms with E-state index in [1.807, 2.05) is 37.3 Å². The van der Waals surface area contributed by atoms with E-state index in [1.165, 1.54) is 0 Å². The Labute approximate surface area is 252 Å². The second kappa shape index (κ2) is 12.8. The number of aryl methyl sites for hydroxylation is 1. The van der Waals surface area contributed by atoms with Crippen LogP contribution in [-0.4, -0.2) is 108 Å². The van der Waals surface area contributed by atoms with Crippen molar-refractivity contribution < 1.29 is 19.1 Å². The van der Waals surface area contributed by atoms with Crippen LogP contribution in [0.2, 0.25) is 0 Å². The lowest BCUT2D eigenvalue weighted by molar-refractivity contribution is 0.0207. The van der Waals surface area contributed by atoms with Gasteiger partial charge < -0.3 is 19.7 Å². The predicted octanol–water partition coefficient (Wildman–Crippen LogP) is 3.76. The Morgan fingerprint density at radius 1 is 1.05 bits per heavy atom. The van der Waals surface area contributed by atoms with Gasteiger partial charge in [0.15, 0.2) is 5.78 Å². The van der Waals surface area contributed by atoms with E-state index in [2.05, 4.69) is 44.6 Å². The van der Waals surface area contributed by atoms with Gasteiger partial charge in [-0.25, -0.2) is 9.80 Å². The van der Waals surface area contributed by atoms with Crippen LogP contribution in [0.25, 0.3) is 22.5 Å². The van der Waals surface area contributed by atoms with Gasteiger partial charge in [-0.15, -0.1) is 0 Å². The van der Waals surface area contributed by atoms with Crippen molar-refractivity contribution in [2.75, 3.05) is 71.0 Å². The zero-order valence-corrected chi connectivity index (χ0v) is 25.2. The van der Waals surface area contributed by atoms with Crippen LogP contribution in [-0.2, 0) is 4.74 Å². The molecule has 2 fully saturated rings. The minimum absolute atomic E-state index is 0.162. The van der Waals surface area contributed by atoms with Gasteiger partial charge in [-0.2, -0.15) is 5.10 Å². The molecule has 3 N–H and O–H groups in total. The molecule has 1 aliphatic carbocycles. The van der Waals surface area contributed by atoms with Crippen LogP contribution < -0.4 is 15.5 Å². The molecule has 0 atom stereocenters. The largest absolute Gasteiger partial charge is 0.494 e. The number of morpholine rings is 1. The van der Waals surface area contributed by atoms with E-state index in [9.17, 15) is 9.59 Å². The van der Waals surface area contributed by atoms with Crippen molar-refractivity contribution >= 4 is 17.5 Å². The number of H-pyrrole nitrogens is 1. The number of hydrogen-bond donors (Lipinski definition) is 3. The van der Waals surface area contributed by atoms with Crippen LogP contribution in [0, 0.1) is 6.92 Å². The number of nitrogens with one attached hydrogen (secondary N) is 3. The lowest BCUT2D eigenvalue weighted by Gasteiger charge is -2.36.